The van der Waals surface area contributed by atoms with Crippen LogP contribution >= 0.6 is 24.0 Å². The van der Waals surface area contributed by atoms with Crippen molar-refractivity contribution < 1.29 is 9.90 Å². The first kappa shape index (κ1) is 13.1. The molecule has 5 heteroatoms. The maximum Gasteiger partial charge on any atom is 0.335 e. The molecule has 0 aliphatic heterocycles. The smallest absolute Gasteiger partial charge is 0.335 e. The van der Waals surface area contributed by atoms with Crippen LogP contribution < -0.4 is 5.32 Å². The Bertz CT molecular complexity index is 287. The molecule has 0 saturated carbocycles. The fourth-order valence-corrected chi connectivity index (χ4v) is 1.02. The van der Waals surface area contributed by atoms with Crippen LogP contribution in [-0.4, -0.2) is 23.5 Å². The van der Waals surface area contributed by atoms with Crippen LogP contribution in [0.2, 0.25) is 0 Å². The van der Waals surface area contributed by atoms with Crippen molar-refractivity contribution in [1.29, 1.82) is 0 Å². The number of aromatic carboxylic acids is 1. The Balaban J connectivity index is 0.00000169. The number of halogens is 2. The van der Waals surface area contributed by atoms with E-state index in [9.17, 15) is 4.79 Å². The number of alkyl halides is 1. The normalized spacial score (nSPS) is 8.93. The molecule has 0 saturated heterocycles. The van der Waals surface area contributed by atoms with Crippen molar-refractivity contribution in [1.82, 2.24) is 0 Å². The second-order valence-electron chi connectivity index (χ2n) is 2.50. The van der Waals surface area contributed by atoms with Crippen molar-refractivity contribution in [2.75, 3.05) is 17.7 Å². The van der Waals surface area contributed by atoms with Crippen molar-refractivity contribution in [2.24, 2.45) is 0 Å². The summed E-state index contributed by atoms with van der Waals surface area (Å²) in [6.07, 6.45) is 0. The van der Waals surface area contributed by atoms with E-state index in [1.54, 1.807) is 24.3 Å². The van der Waals surface area contributed by atoms with Gasteiger partial charge in [0.2, 0.25) is 0 Å². The first-order valence-electron chi connectivity index (χ1n) is 3.87. The number of carboxylic acids is 1. The Morgan fingerprint density at radius 1 is 1.36 bits per heavy atom. The molecule has 1 rings (SSSR count). The molecule has 78 valence electrons. The lowest BCUT2D eigenvalue weighted by Gasteiger charge is -2.03. The number of rotatable bonds is 4. The second-order valence-corrected chi connectivity index (χ2v) is 2.88. The van der Waals surface area contributed by atoms with Crippen LogP contribution in [0.15, 0.2) is 24.3 Å². The highest BCUT2D eigenvalue weighted by Gasteiger charge is 2.00. The zero-order valence-corrected chi connectivity index (χ0v) is 8.94. The summed E-state index contributed by atoms with van der Waals surface area (Å²) in [4.78, 5) is 10.5. The van der Waals surface area contributed by atoms with Crippen LogP contribution in [0.25, 0.3) is 0 Å². The van der Waals surface area contributed by atoms with Gasteiger partial charge in [0.05, 0.1) is 5.56 Å². The van der Waals surface area contributed by atoms with E-state index in [1.807, 2.05) is 0 Å². The monoisotopic (exact) mass is 235 g/mol. The molecule has 0 radical (unpaired) electrons. The number of carboxylic acid groups (broad SMARTS) is 1. The standard InChI is InChI=1S/C9H10ClNO2.ClH/c10-5-6-11-8-3-1-7(2-4-8)9(12)13;/h1-4,11H,5-6H2,(H,12,13);1H. The van der Waals surface area contributed by atoms with Gasteiger partial charge < -0.3 is 10.4 Å². The van der Waals surface area contributed by atoms with Crippen LogP contribution in [-0.2, 0) is 0 Å². The van der Waals surface area contributed by atoms with Crippen LogP contribution in [0, 0.1) is 0 Å². The lowest BCUT2D eigenvalue weighted by molar-refractivity contribution is 0.0697. The average Bonchev–Trinajstić information content (AvgIpc) is 2.15. The molecule has 2 N–H and O–H groups in total. The largest absolute Gasteiger partial charge is 0.478 e. The van der Waals surface area contributed by atoms with Gasteiger partial charge in [-0.3, -0.25) is 0 Å². The number of carbonyl (C=O) groups is 1. The molecule has 1 aromatic rings. The number of hydrogen-bond acceptors (Lipinski definition) is 2. The first-order chi connectivity index (χ1) is 6.24. The Labute approximate surface area is 93.5 Å². The minimum Gasteiger partial charge on any atom is -0.478 e. The topological polar surface area (TPSA) is 49.3 Å². The Hall–Kier alpha value is -0.930. The van der Waals surface area contributed by atoms with Gasteiger partial charge >= 0.3 is 5.97 Å². The lowest BCUT2D eigenvalue weighted by Crippen LogP contribution is -2.03. The first-order valence-corrected chi connectivity index (χ1v) is 4.40. The summed E-state index contributed by atoms with van der Waals surface area (Å²) < 4.78 is 0. The maximum atomic E-state index is 10.5. The molecule has 0 atom stereocenters. The van der Waals surface area contributed by atoms with Crippen LogP contribution in [0.3, 0.4) is 0 Å². The Morgan fingerprint density at radius 3 is 2.36 bits per heavy atom. The molecule has 0 aromatic heterocycles. The van der Waals surface area contributed by atoms with E-state index in [2.05, 4.69) is 5.32 Å². The van der Waals surface area contributed by atoms with Gasteiger partial charge in [-0.1, -0.05) is 0 Å². The highest BCUT2D eigenvalue weighted by atomic mass is 35.5. The van der Waals surface area contributed by atoms with E-state index in [0.717, 1.165) is 5.69 Å². The van der Waals surface area contributed by atoms with Crippen molar-refractivity contribution in [2.45, 2.75) is 0 Å². The molecule has 0 amide bonds. The van der Waals surface area contributed by atoms with E-state index in [1.165, 1.54) is 0 Å². The highest BCUT2D eigenvalue weighted by Crippen LogP contribution is 2.08. The van der Waals surface area contributed by atoms with Gasteiger partial charge in [-0.15, -0.1) is 24.0 Å². The van der Waals surface area contributed by atoms with Crippen molar-refractivity contribution in [3.8, 4) is 0 Å². The van der Waals surface area contributed by atoms with Gasteiger partial charge in [0, 0.05) is 18.1 Å². The molecule has 0 bridgehead atoms. The molecule has 0 aliphatic rings. The van der Waals surface area contributed by atoms with Gasteiger partial charge in [-0.25, -0.2) is 4.79 Å². The third-order valence-corrected chi connectivity index (χ3v) is 1.74. The van der Waals surface area contributed by atoms with E-state index in [4.69, 9.17) is 16.7 Å². The van der Waals surface area contributed by atoms with Gasteiger partial charge in [0.25, 0.3) is 0 Å². The summed E-state index contributed by atoms with van der Waals surface area (Å²) in [7, 11) is 0. The average molecular weight is 236 g/mol. The van der Waals surface area contributed by atoms with Crippen molar-refractivity contribution >= 4 is 35.7 Å². The predicted molar refractivity (Wildman–Crippen MR) is 59.9 cm³/mol. The SMILES string of the molecule is Cl.O=C(O)c1ccc(NCCCl)cc1. The second kappa shape index (κ2) is 6.51. The quantitative estimate of drug-likeness (QED) is 0.789. The minimum absolute atomic E-state index is 0. The highest BCUT2D eigenvalue weighted by molar-refractivity contribution is 6.18. The lowest BCUT2D eigenvalue weighted by atomic mass is 10.2. The van der Waals surface area contributed by atoms with E-state index in [-0.39, 0.29) is 18.0 Å². The van der Waals surface area contributed by atoms with Gasteiger partial charge in [0.15, 0.2) is 0 Å². The number of anilines is 1. The molecule has 0 aliphatic carbocycles. The molecular weight excluding hydrogens is 225 g/mol. The van der Waals surface area contributed by atoms with Gasteiger partial charge in [-0.05, 0) is 24.3 Å². The summed E-state index contributed by atoms with van der Waals surface area (Å²) in [6, 6.07) is 6.55. The molecule has 0 unspecified atom stereocenters. The van der Waals surface area contributed by atoms with E-state index >= 15 is 0 Å². The summed E-state index contributed by atoms with van der Waals surface area (Å²) in [5.74, 6) is -0.385. The molecule has 3 nitrogen and oxygen atoms in total. The van der Waals surface area contributed by atoms with Crippen molar-refractivity contribution in [3.05, 3.63) is 29.8 Å². The van der Waals surface area contributed by atoms with Crippen LogP contribution in [0.5, 0.6) is 0 Å². The zero-order valence-electron chi connectivity index (χ0n) is 7.37. The summed E-state index contributed by atoms with van der Waals surface area (Å²) in [5.41, 5.74) is 1.17. The number of benzene rings is 1. The zero-order chi connectivity index (χ0) is 9.68. The molecule has 0 spiro atoms. The third-order valence-electron chi connectivity index (χ3n) is 1.56. The molecule has 1 aromatic carbocycles. The molecule has 0 fully saturated rings. The fourth-order valence-electron chi connectivity index (χ4n) is 0.922. The molecule has 0 heterocycles. The van der Waals surface area contributed by atoms with Gasteiger partial charge in [0.1, 0.15) is 0 Å². The minimum atomic E-state index is -0.913. The summed E-state index contributed by atoms with van der Waals surface area (Å²) >= 11 is 5.48. The molecular formula is C9H11Cl2NO2. The maximum absolute atomic E-state index is 10.5. The number of nitrogens with one attached hydrogen (secondary N) is 1. The van der Waals surface area contributed by atoms with Crippen LogP contribution in [0.4, 0.5) is 5.69 Å². The summed E-state index contributed by atoms with van der Waals surface area (Å²) in [5, 5.41) is 11.6. The Morgan fingerprint density at radius 2 is 1.93 bits per heavy atom. The Kier molecular flexibility index (Phi) is 6.08. The number of hydrogen-bond donors (Lipinski definition) is 2. The van der Waals surface area contributed by atoms with Gasteiger partial charge in [-0.2, -0.15) is 0 Å². The fraction of sp³-hybridized carbons (Fsp3) is 0.222. The van der Waals surface area contributed by atoms with E-state index < -0.39 is 5.97 Å². The third kappa shape index (κ3) is 3.85. The predicted octanol–water partition coefficient (Wildman–Crippen LogP) is 2.46. The van der Waals surface area contributed by atoms with Crippen molar-refractivity contribution in [3.63, 3.8) is 0 Å². The summed E-state index contributed by atoms with van der Waals surface area (Å²) in [6.45, 7) is 0.675. The molecule has 14 heavy (non-hydrogen) atoms. The van der Waals surface area contributed by atoms with Crippen LogP contribution in [0.1, 0.15) is 10.4 Å². The van der Waals surface area contributed by atoms with E-state index in [0.29, 0.717) is 12.4 Å².